The maximum atomic E-state index is 13.2. The Morgan fingerprint density at radius 3 is 2.30 bits per heavy atom. The number of benzene rings is 1. The van der Waals surface area contributed by atoms with Gasteiger partial charge in [-0.2, -0.15) is 0 Å². The zero-order valence-electron chi connectivity index (χ0n) is 23.7. The van der Waals surface area contributed by atoms with Gasteiger partial charge in [-0.15, -0.1) is 0 Å². The zero-order valence-corrected chi connectivity index (χ0v) is 23.7. The van der Waals surface area contributed by atoms with E-state index in [0.29, 0.717) is 51.1 Å². The summed E-state index contributed by atoms with van der Waals surface area (Å²) in [5, 5.41) is 12.1. The van der Waals surface area contributed by atoms with Crippen molar-refractivity contribution in [1.82, 2.24) is 9.80 Å². The van der Waals surface area contributed by atoms with Crippen LogP contribution in [0.3, 0.4) is 0 Å². The van der Waals surface area contributed by atoms with Crippen LogP contribution >= 0.6 is 0 Å². The smallest absolute Gasteiger partial charge is 0.311 e. The average Bonchev–Trinajstić information content (AvgIpc) is 3.33. The monoisotopic (exact) mass is 556 g/mol. The first kappa shape index (κ1) is 28.5. The van der Waals surface area contributed by atoms with Crippen molar-refractivity contribution in [3.05, 3.63) is 35.9 Å². The number of piperazine rings is 1. The third-order valence-corrected chi connectivity index (χ3v) is 9.70. The molecule has 9 atom stereocenters. The van der Waals surface area contributed by atoms with Gasteiger partial charge in [0.2, 0.25) is 0 Å². The van der Waals surface area contributed by atoms with Gasteiger partial charge in [-0.1, -0.05) is 32.0 Å². The highest BCUT2D eigenvalue weighted by Gasteiger charge is 2.67. The van der Waals surface area contributed by atoms with Gasteiger partial charge in [0.1, 0.15) is 18.3 Å². The van der Waals surface area contributed by atoms with E-state index in [0.717, 1.165) is 0 Å². The minimum Gasteiger partial charge on any atom is -0.462 e. The van der Waals surface area contributed by atoms with E-state index in [4.69, 9.17) is 14.2 Å². The Bertz CT molecular complexity index is 1140. The predicted molar refractivity (Wildman–Crippen MR) is 143 cm³/mol. The van der Waals surface area contributed by atoms with E-state index in [9.17, 15) is 24.3 Å². The normalized spacial score (nSPS) is 37.6. The van der Waals surface area contributed by atoms with Crippen LogP contribution in [0.2, 0.25) is 0 Å². The quantitative estimate of drug-likeness (QED) is 0.428. The molecule has 1 aromatic carbocycles. The van der Waals surface area contributed by atoms with Crippen LogP contribution in [0.1, 0.15) is 50.9 Å². The lowest BCUT2D eigenvalue weighted by Gasteiger charge is -2.43. The van der Waals surface area contributed by atoms with Crippen molar-refractivity contribution < 1.29 is 38.5 Å². The van der Waals surface area contributed by atoms with Crippen molar-refractivity contribution in [3.8, 4) is 0 Å². The predicted octanol–water partition coefficient (Wildman–Crippen LogP) is 1.89. The number of amides is 1. The molecule has 0 aromatic heterocycles. The van der Waals surface area contributed by atoms with Crippen LogP contribution in [0, 0.1) is 29.1 Å². The molecular weight excluding hydrogens is 516 g/mol. The van der Waals surface area contributed by atoms with Gasteiger partial charge < -0.3 is 24.2 Å². The molecule has 4 aliphatic rings. The molecule has 40 heavy (non-hydrogen) atoms. The van der Waals surface area contributed by atoms with Gasteiger partial charge in [-0.25, -0.2) is 0 Å². The molecule has 4 fully saturated rings. The molecule has 5 rings (SSSR count). The third-order valence-electron chi connectivity index (χ3n) is 9.70. The Labute approximate surface area is 234 Å². The molecule has 2 saturated carbocycles. The largest absolute Gasteiger partial charge is 0.462 e. The Morgan fingerprint density at radius 1 is 1.02 bits per heavy atom. The summed E-state index contributed by atoms with van der Waals surface area (Å²) in [6.07, 6.45) is -1.86. The maximum Gasteiger partial charge on any atom is 0.311 e. The molecular formula is C30H40N2O8. The lowest BCUT2D eigenvalue weighted by Crippen LogP contribution is -2.54. The Morgan fingerprint density at radius 2 is 1.68 bits per heavy atom. The van der Waals surface area contributed by atoms with Crippen LogP contribution in [0.4, 0.5) is 0 Å². The van der Waals surface area contributed by atoms with Crippen molar-refractivity contribution in [1.29, 1.82) is 0 Å². The molecule has 2 aliphatic heterocycles. The Kier molecular flexibility index (Phi) is 7.94. The van der Waals surface area contributed by atoms with Gasteiger partial charge in [0.25, 0.3) is 5.91 Å². The molecule has 10 heteroatoms. The van der Waals surface area contributed by atoms with Crippen LogP contribution in [0.15, 0.2) is 30.3 Å². The first-order chi connectivity index (χ1) is 19.0. The fourth-order valence-corrected chi connectivity index (χ4v) is 7.96. The van der Waals surface area contributed by atoms with Crippen LogP contribution in [0.25, 0.3) is 0 Å². The standard InChI is InChI=1S/C30H40N2O8/c1-17-14-22-25(27(35)30(4)24(39-19(3)34)15-23(26(17)30)38-18(2)33)21(29(37)40-22)16-31-10-12-32(13-11-31)28(36)20-8-6-5-7-9-20/h5-9,17,21-27,35H,10-16H2,1-4H3/t17-,21-,22+,23-,24+,25-,26-,27+,30-/m1/s1. The molecule has 1 N–H and O–H groups in total. The van der Waals surface area contributed by atoms with E-state index in [1.165, 1.54) is 13.8 Å². The SMILES string of the molecule is CC(=O)O[C@H]1C[C@@H](OC(C)=O)[C@H]2[C@H](C)C[C@@H]3OC(=O)[C@H](CN4CCN(C(=O)c5ccccc5)CC4)[C@H]3[C@H](O)[C@@]21C. The third kappa shape index (κ3) is 5.11. The van der Waals surface area contributed by atoms with E-state index in [-0.39, 0.29) is 23.7 Å². The summed E-state index contributed by atoms with van der Waals surface area (Å²) in [5.74, 6) is -2.61. The van der Waals surface area contributed by atoms with Crippen LogP contribution in [0.5, 0.6) is 0 Å². The van der Waals surface area contributed by atoms with Gasteiger partial charge in [0.05, 0.1) is 12.0 Å². The summed E-state index contributed by atoms with van der Waals surface area (Å²) < 4.78 is 17.3. The van der Waals surface area contributed by atoms with Crippen LogP contribution in [-0.4, -0.2) is 95.9 Å². The number of esters is 3. The number of hydrogen-bond donors (Lipinski definition) is 1. The molecule has 218 valence electrons. The summed E-state index contributed by atoms with van der Waals surface area (Å²) in [6, 6.07) is 9.19. The molecule has 0 bridgehead atoms. The highest BCUT2D eigenvalue weighted by Crippen LogP contribution is 2.59. The molecule has 2 heterocycles. The van der Waals surface area contributed by atoms with E-state index >= 15 is 0 Å². The highest BCUT2D eigenvalue weighted by atomic mass is 16.6. The van der Waals surface area contributed by atoms with Gasteiger partial charge in [-0.05, 0) is 24.5 Å². The fourth-order valence-electron chi connectivity index (χ4n) is 7.96. The first-order valence-corrected chi connectivity index (χ1v) is 14.3. The van der Waals surface area contributed by atoms with Crippen LogP contribution < -0.4 is 0 Å². The Hall–Kier alpha value is -2.98. The van der Waals surface area contributed by atoms with Crippen molar-refractivity contribution in [3.63, 3.8) is 0 Å². The van der Waals surface area contributed by atoms with Gasteiger partial charge in [0, 0.05) is 75.8 Å². The molecule has 0 radical (unpaired) electrons. The highest BCUT2D eigenvalue weighted by molar-refractivity contribution is 5.94. The van der Waals surface area contributed by atoms with Gasteiger partial charge in [-0.3, -0.25) is 24.1 Å². The number of fused-ring (bicyclic) bond motifs is 2. The Balaban J connectivity index is 1.34. The second kappa shape index (κ2) is 11.1. The average molecular weight is 557 g/mol. The van der Waals surface area contributed by atoms with Crippen molar-refractivity contribution in [2.45, 2.75) is 65.0 Å². The molecule has 2 saturated heterocycles. The molecule has 1 amide bonds. The fraction of sp³-hybridized carbons (Fsp3) is 0.667. The van der Waals surface area contributed by atoms with E-state index in [1.807, 2.05) is 49.1 Å². The summed E-state index contributed by atoms with van der Waals surface area (Å²) >= 11 is 0. The van der Waals surface area contributed by atoms with Crippen molar-refractivity contribution >= 4 is 23.8 Å². The first-order valence-electron chi connectivity index (χ1n) is 14.3. The second-order valence-electron chi connectivity index (χ2n) is 12.1. The summed E-state index contributed by atoms with van der Waals surface area (Å²) in [5.41, 5.74) is -0.278. The van der Waals surface area contributed by atoms with Crippen molar-refractivity contribution in [2.24, 2.45) is 29.1 Å². The van der Waals surface area contributed by atoms with Crippen molar-refractivity contribution in [2.75, 3.05) is 32.7 Å². The second-order valence-corrected chi connectivity index (χ2v) is 12.1. The molecule has 2 aliphatic carbocycles. The molecule has 10 nitrogen and oxygen atoms in total. The maximum absolute atomic E-state index is 13.2. The number of carbonyl (C=O) groups is 4. The van der Waals surface area contributed by atoms with E-state index in [2.05, 4.69) is 4.90 Å². The van der Waals surface area contributed by atoms with E-state index in [1.54, 1.807) is 0 Å². The zero-order chi connectivity index (χ0) is 28.8. The number of carbonyl (C=O) groups excluding carboxylic acids is 4. The summed E-state index contributed by atoms with van der Waals surface area (Å²) in [6.45, 7) is 9.32. The number of ether oxygens (including phenoxy) is 3. The van der Waals surface area contributed by atoms with Gasteiger partial charge >= 0.3 is 17.9 Å². The lowest BCUT2D eigenvalue weighted by molar-refractivity contribution is -0.165. The summed E-state index contributed by atoms with van der Waals surface area (Å²) in [4.78, 5) is 54.1. The topological polar surface area (TPSA) is 123 Å². The molecule has 0 spiro atoms. The van der Waals surface area contributed by atoms with Gasteiger partial charge in [0.15, 0.2) is 0 Å². The van der Waals surface area contributed by atoms with Crippen LogP contribution in [-0.2, 0) is 28.6 Å². The molecule has 0 unspecified atom stereocenters. The minimum atomic E-state index is -1.02. The lowest BCUT2D eigenvalue weighted by atomic mass is 9.66. The summed E-state index contributed by atoms with van der Waals surface area (Å²) in [7, 11) is 0. The number of aliphatic hydroxyl groups is 1. The number of hydrogen-bond acceptors (Lipinski definition) is 9. The number of aliphatic hydroxyl groups excluding tert-OH is 1. The number of nitrogens with zero attached hydrogens (tertiary/aromatic N) is 2. The number of rotatable bonds is 5. The minimum absolute atomic E-state index is 0.00665. The molecule has 1 aromatic rings. The van der Waals surface area contributed by atoms with E-state index < -0.39 is 53.6 Å².